The summed E-state index contributed by atoms with van der Waals surface area (Å²) in [6.45, 7) is 0. The van der Waals surface area contributed by atoms with Crippen LogP contribution in [0.1, 0.15) is 0 Å². The summed E-state index contributed by atoms with van der Waals surface area (Å²) in [5, 5.41) is 15.4. The minimum atomic E-state index is -4.32. The molecule has 0 aromatic carbocycles. The van der Waals surface area contributed by atoms with E-state index in [4.69, 9.17) is 19.3 Å². The molecule has 0 aromatic rings. The Labute approximate surface area is 102 Å². The van der Waals surface area contributed by atoms with Crippen molar-refractivity contribution < 1.29 is 45.7 Å². The zero-order valence-electron chi connectivity index (χ0n) is 8.88. The van der Waals surface area contributed by atoms with Crippen molar-refractivity contribution in [3.8, 4) is 0 Å². The molecule has 0 aromatic heterocycles. The second-order valence-corrected chi connectivity index (χ2v) is 5.14. The standard InChI is InChI=1S/2C2H4O5S.2H3N/c2*3-2(4)1-8(5,6)7;;/h2*1H2,(H,3,4)(H,5,6,7);2*1H3. The Hall–Kier alpha value is -1.32. The summed E-state index contributed by atoms with van der Waals surface area (Å²) in [6.07, 6.45) is 0. The lowest BCUT2D eigenvalue weighted by atomic mass is 10.8. The molecule has 0 aliphatic rings. The molecule has 0 amide bonds. The number of carboxylic acids is 2. The Morgan fingerprint density at radius 2 is 0.889 bits per heavy atom. The van der Waals surface area contributed by atoms with Gasteiger partial charge >= 0.3 is 11.9 Å². The number of hydrogen-bond donors (Lipinski definition) is 6. The molecule has 0 rings (SSSR count). The van der Waals surface area contributed by atoms with Crippen molar-refractivity contribution in [2.45, 2.75) is 0 Å². The Morgan fingerprint density at radius 1 is 0.722 bits per heavy atom. The molecule has 0 fully saturated rings. The lowest BCUT2D eigenvalue weighted by molar-refractivity contribution is -0.135. The van der Waals surface area contributed by atoms with Crippen molar-refractivity contribution in [3.63, 3.8) is 0 Å². The summed E-state index contributed by atoms with van der Waals surface area (Å²) in [7, 11) is -8.65. The van der Waals surface area contributed by atoms with Gasteiger partial charge in [0.2, 0.25) is 0 Å². The van der Waals surface area contributed by atoms with Gasteiger partial charge in [0, 0.05) is 0 Å². The Bertz CT molecular complexity index is 406. The van der Waals surface area contributed by atoms with Gasteiger partial charge in [0.05, 0.1) is 0 Å². The summed E-state index contributed by atoms with van der Waals surface area (Å²) in [5.41, 5.74) is 0. The summed E-state index contributed by atoms with van der Waals surface area (Å²) in [6, 6.07) is 0. The average molecular weight is 314 g/mol. The molecule has 0 unspecified atom stereocenters. The SMILES string of the molecule is N.N.O=C(O)CS(=O)(=O)O.O=C(O)CS(=O)(=O)O. The van der Waals surface area contributed by atoms with Crippen molar-refractivity contribution in [2.75, 3.05) is 11.5 Å². The van der Waals surface area contributed by atoms with Crippen LogP contribution in [0.4, 0.5) is 0 Å². The van der Waals surface area contributed by atoms with E-state index in [1.54, 1.807) is 0 Å². The third-order valence-corrected chi connectivity index (χ3v) is 1.84. The van der Waals surface area contributed by atoms with E-state index in [0.717, 1.165) is 0 Å². The number of rotatable bonds is 4. The minimum absolute atomic E-state index is 0. The molecule has 0 aliphatic carbocycles. The molecule has 0 spiro atoms. The Morgan fingerprint density at radius 3 is 0.889 bits per heavy atom. The zero-order chi connectivity index (χ0) is 13.6. The molecule has 10 N–H and O–H groups in total. The van der Waals surface area contributed by atoms with Gasteiger partial charge < -0.3 is 22.5 Å². The maximum absolute atomic E-state index is 9.62. The van der Waals surface area contributed by atoms with Gasteiger partial charge in [-0.25, -0.2) is 0 Å². The zero-order valence-corrected chi connectivity index (χ0v) is 10.5. The van der Waals surface area contributed by atoms with Crippen LogP contribution in [0.25, 0.3) is 0 Å². The van der Waals surface area contributed by atoms with E-state index in [1.807, 2.05) is 0 Å². The third-order valence-electron chi connectivity index (χ3n) is 0.612. The molecule has 0 saturated heterocycles. The van der Waals surface area contributed by atoms with Crippen molar-refractivity contribution in [3.05, 3.63) is 0 Å². The Balaban J connectivity index is -0.0000000980. The first-order chi connectivity index (χ1) is 6.83. The third kappa shape index (κ3) is 36.5. The smallest absolute Gasteiger partial charge is 0.321 e. The van der Waals surface area contributed by atoms with E-state index >= 15 is 0 Å². The first-order valence-corrected chi connectivity index (χ1v) is 6.39. The molecule has 0 saturated carbocycles. The molecule has 18 heavy (non-hydrogen) atoms. The van der Waals surface area contributed by atoms with E-state index in [-0.39, 0.29) is 12.3 Å². The van der Waals surface area contributed by atoms with Gasteiger partial charge in [0.1, 0.15) is 0 Å². The van der Waals surface area contributed by atoms with Crippen LogP contribution in [0.2, 0.25) is 0 Å². The average Bonchev–Trinajstić information content (AvgIpc) is 1.72. The van der Waals surface area contributed by atoms with Crippen LogP contribution in [0.5, 0.6) is 0 Å². The molecule has 0 atom stereocenters. The van der Waals surface area contributed by atoms with E-state index in [1.165, 1.54) is 0 Å². The number of carboxylic acid groups (broad SMARTS) is 2. The van der Waals surface area contributed by atoms with Crippen LogP contribution in [0.15, 0.2) is 0 Å². The summed E-state index contributed by atoms with van der Waals surface area (Å²) in [5.74, 6) is -5.58. The van der Waals surface area contributed by atoms with Crippen molar-refractivity contribution in [1.29, 1.82) is 0 Å². The van der Waals surface area contributed by atoms with Gasteiger partial charge in [-0.1, -0.05) is 0 Å². The fraction of sp³-hybridized carbons (Fsp3) is 0.500. The predicted octanol–water partition coefficient (Wildman–Crippen LogP) is -1.76. The largest absolute Gasteiger partial charge is 0.480 e. The molecule has 12 nitrogen and oxygen atoms in total. The van der Waals surface area contributed by atoms with Crippen molar-refractivity contribution in [1.82, 2.24) is 12.3 Å². The van der Waals surface area contributed by atoms with Gasteiger partial charge in [-0.2, -0.15) is 16.8 Å². The minimum Gasteiger partial charge on any atom is -0.480 e. The molecular formula is C4H14N2O10S2. The van der Waals surface area contributed by atoms with E-state index in [0.29, 0.717) is 0 Å². The first kappa shape index (κ1) is 25.5. The highest BCUT2D eigenvalue weighted by Crippen LogP contribution is 1.79. The summed E-state index contributed by atoms with van der Waals surface area (Å²) in [4.78, 5) is 19.0. The van der Waals surface area contributed by atoms with Crippen LogP contribution < -0.4 is 12.3 Å². The van der Waals surface area contributed by atoms with Gasteiger partial charge in [-0.15, -0.1) is 0 Å². The Kier molecular flexibility index (Phi) is 13.7. The van der Waals surface area contributed by atoms with Crippen LogP contribution in [-0.4, -0.2) is 59.6 Å². The second kappa shape index (κ2) is 9.68. The number of carbonyl (C=O) groups is 2. The predicted molar refractivity (Wildman–Crippen MR) is 58.1 cm³/mol. The molecule has 0 bridgehead atoms. The summed E-state index contributed by atoms with van der Waals surface area (Å²) >= 11 is 0. The molecule has 0 heterocycles. The first-order valence-electron chi connectivity index (χ1n) is 3.17. The highest BCUT2D eigenvalue weighted by Gasteiger charge is 2.09. The van der Waals surface area contributed by atoms with Crippen LogP contribution >= 0.6 is 0 Å². The lowest BCUT2D eigenvalue weighted by Gasteiger charge is -1.85. The van der Waals surface area contributed by atoms with Crippen molar-refractivity contribution in [2.24, 2.45) is 0 Å². The topological polar surface area (TPSA) is 253 Å². The van der Waals surface area contributed by atoms with Gasteiger partial charge in [0.15, 0.2) is 11.5 Å². The molecule has 14 heteroatoms. The fourth-order valence-electron chi connectivity index (χ4n) is 0.312. The van der Waals surface area contributed by atoms with Crippen molar-refractivity contribution >= 4 is 32.2 Å². The molecular weight excluding hydrogens is 300 g/mol. The van der Waals surface area contributed by atoms with Gasteiger partial charge in [0.25, 0.3) is 20.2 Å². The molecule has 0 aliphatic heterocycles. The maximum Gasteiger partial charge on any atom is 0.321 e. The normalized spacial score (nSPS) is 9.89. The lowest BCUT2D eigenvalue weighted by Crippen LogP contribution is -2.13. The maximum atomic E-state index is 9.62. The summed E-state index contributed by atoms with van der Waals surface area (Å²) < 4.78 is 54.0. The van der Waals surface area contributed by atoms with E-state index in [2.05, 4.69) is 0 Å². The van der Waals surface area contributed by atoms with Gasteiger partial charge in [-0.05, 0) is 0 Å². The monoisotopic (exact) mass is 314 g/mol. The highest BCUT2D eigenvalue weighted by molar-refractivity contribution is 7.86. The van der Waals surface area contributed by atoms with E-state index < -0.39 is 43.7 Å². The van der Waals surface area contributed by atoms with Crippen LogP contribution in [0, 0.1) is 0 Å². The second-order valence-electron chi connectivity index (χ2n) is 2.24. The van der Waals surface area contributed by atoms with Gasteiger partial charge in [-0.3, -0.25) is 18.7 Å². The van der Waals surface area contributed by atoms with E-state index in [9.17, 15) is 26.4 Å². The highest BCUT2D eigenvalue weighted by atomic mass is 32.2. The number of hydrogen-bond acceptors (Lipinski definition) is 8. The number of aliphatic carboxylic acids is 2. The fourth-order valence-corrected chi connectivity index (χ4v) is 0.936. The molecule has 112 valence electrons. The van der Waals surface area contributed by atoms with Crippen LogP contribution in [-0.2, 0) is 29.8 Å². The quantitative estimate of drug-likeness (QED) is 0.315. The molecule has 0 radical (unpaired) electrons. The van der Waals surface area contributed by atoms with Crippen LogP contribution in [0.3, 0.4) is 0 Å².